The minimum atomic E-state index is -0.910. The van der Waals surface area contributed by atoms with Crippen molar-refractivity contribution in [3.63, 3.8) is 0 Å². The molecule has 5 nitrogen and oxygen atoms in total. The second-order valence-corrected chi connectivity index (χ2v) is 3.31. The average molecular weight is 203 g/mol. The van der Waals surface area contributed by atoms with E-state index in [1.807, 2.05) is 0 Å². The van der Waals surface area contributed by atoms with Crippen LogP contribution in [0.2, 0.25) is 0 Å². The average Bonchev–Trinajstić information content (AvgIpc) is 2.19. The normalized spacial score (nSPS) is 20.6. The summed E-state index contributed by atoms with van der Waals surface area (Å²) in [4.78, 5) is 12.6. The van der Waals surface area contributed by atoms with Gasteiger partial charge in [-0.3, -0.25) is 4.90 Å². The first-order valence-electron chi connectivity index (χ1n) is 4.84. The molecule has 1 rings (SSSR count). The number of morpholine rings is 1. The van der Waals surface area contributed by atoms with Gasteiger partial charge in [0.25, 0.3) is 0 Å². The lowest BCUT2D eigenvalue weighted by molar-refractivity contribution is -0.149. The molecule has 82 valence electrons. The van der Waals surface area contributed by atoms with E-state index in [4.69, 9.17) is 14.6 Å². The quantitative estimate of drug-likeness (QED) is 0.671. The highest BCUT2D eigenvalue weighted by Gasteiger charge is 2.13. The van der Waals surface area contributed by atoms with Crippen molar-refractivity contribution >= 4 is 5.97 Å². The van der Waals surface area contributed by atoms with E-state index in [2.05, 4.69) is 4.90 Å². The summed E-state index contributed by atoms with van der Waals surface area (Å²) in [6.07, 6.45) is -0.712. The van der Waals surface area contributed by atoms with Gasteiger partial charge in [-0.05, 0) is 6.92 Å². The van der Waals surface area contributed by atoms with Crippen molar-refractivity contribution in [1.29, 1.82) is 0 Å². The molecule has 5 heteroatoms. The zero-order valence-corrected chi connectivity index (χ0v) is 8.44. The zero-order valence-electron chi connectivity index (χ0n) is 8.44. The number of aliphatic carboxylic acids is 1. The minimum absolute atomic E-state index is 0.466. The molecule has 1 aliphatic rings. The maximum absolute atomic E-state index is 10.4. The Morgan fingerprint density at radius 2 is 2.21 bits per heavy atom. The molecule has 0 saturated carbocycles. The summed E-state index contributed by atoms with van der Waals surface area (Å²) < 4.78 is 10.3. The Morgan fingerprint density at radius 1 is 1.57 bits per heavy atom. The first-order valence-corrected chi connectivity index (χ1v) is 4.84. The van der Waals surface area contributed by atoms with E-state index in [1.54, 1.807) is 6.92 Å². The van der Waals surface area contributed by atoms with Crippen molar-refractivity contribution in [2.45, 2.75) is 13.0 Å². The number of hydrogen-bond donors (Lipinski definition) is 1. The van der Waals surface area contributed by atoms with Gasteiger partial charge >= 0.3 is 5.97 Å². The van der Waals surface area contributed by atoms with Crippen molar-refractivity contribution in [3.05, 3.63) is 0 Å². The molecule has 0 aromatic rings. The fourth-order valence-electron chi connectivity index (χ4n) is 1.25. The summed E-state index contributed by atoms with van der Waals surface area (Å²) in [6.45, 7) is 6.12. The lowest BCUT2D eigenvalue weighted by Crippen LogP contribution is -2.39. The maximum Gasteiger partial charge on any atom is 0.332 e. The van der Waals surface area contributed by atoms with Gasteiger partial charge in [-0.1, -0.05) is 0 Å². The van der Waals surface area contributed by atoms with Crippen LogP contribution >= 0.6 is 0 Å². The van der Waals surface area contributed by atoms with E-state index in [-0.39, 0.29) is 0 Å². The smallest absolute Gasteiger partial charge is 0.332 e. The van der Waals surface area contributed by atoms with Crippen LogP contribution in [0.15, 0.2) is 0 Å². The van der Waals surface area contributed by atoms with Gasteiger partial charge in [0.1, 0.15) is 0 Å². The van der Waals surface area contributed by atoms with Crippen molar-refractivity contribution in [2.24, 2.45) is 0 Å². The standard InChI is InChI=1S/C9H17NO4/c1-8(9(11)12)14-7-4-10-2-5-13-6-3-10/h8H,2-7H2,1H3,(H,11,12)/t8-/m0/s1. The Morgan fingerprint density at radius 3 is 2.79 bits per heavy atom. The van der Waals surface area contributed by atoms with Crippen LogP contribution < -0.4 is 0 Å². The molecule has 0 radical (unpaired) electrons. The second-order valence-electron chi connectivity index (χ2n) is 3.31. The van der Waals surface area contributed by atoms with Crippen LogP contribution in [0.4, 0.5) is 0 Å². The highest BCUT2D eigenvalue weighted by atomic mass is 16.5. The lowest BCUT2D eigenvalue weighted by Gasteiger charge is -2.26. The fraction of sp³-hybridized carbons (Fsp3) is 0.889. The van der Waals surface area contributed by atoms with E-state index < -0.39 is 12.1 Å². The Kier molecular flexibility index (Phi) is 4.86. The number of carbonyl (C=O) groups is 1. The maximum atomic E-state index is 10.4. The lowest BCUT2D eigenvalue weighted by atomic mass is 10.4. The van der Waals surface area contributed by atoms with Crippen LogP contribution in [0.1, 0.15) is 6.92 Å². The van der Waals surface area contributed by atoms with Crippen LogP contribution in [-0.2, 0) is 14.3 Å². The van der Waals surface area contributed by atoms with Gasteiger partial charge in [0.05, 0.1) is 19.8 Å². The van der Waals surface area contributed by atoms with Crippen molar-refractivity contribution in [3.8, 4) is 0 Å². The molecule has 0 amide bonds. The van der Waals surface area contributed by atoms with E-state index >= 15 is 0 Å². The summed E-state index contributed by atoms with van der Waals surface area (Å²) in [5.41, 5.74) is 0. The first kappa shape index (κ1) is 11.4. The third-order valence-corrected chi connectivity index (χ3v) is 2.23. The Hall–Kier alpha value is -0.650. The Bertz CT molecular complexity index is 180. The Balaban J connectivity index is 2.05. The Labute approximate surface area is 83.6 Å². The van der Waals surface area contributed by atoms with Crippen molar-refractivity contribution in [1.82, 2.24) is 4.90 Å². The van der Waals surface area contributed by atoms with Crippen LogP contribution in [0.3, 0.4) is 0 Å². The minimum Gasteiger partial charge on any atom is -0.479 e. The number of carboxylic acids is 1. The number of hydrogen-bond acceptors (Lipinski definition) is 4. The molecule has 14 heavy (non-hydrogen) atoms. The molecule has 0 aromatic heterocycles. The summed E-state index contributed by atoms with van der Waals surface area (Å²) >= 11 is 0. The molecule has 0 aromatic carbocycles. The molecule has 1 N–H and O–H groups in total. The van der Waals surface area contributed by atoms with Gasteiger partial charge in [-0.2, -0.15) is 0 Å². The summed E-state index contributed by atoms with van der Waals surface area (Å²) in [6, 6.07) is 0. The molecule has 1 fully saturated rings. The third-order valence-electron chi connectivity index (χ3n) is 2.23. The number of ether oxygens (including phenoxy) is 2. The third kappa shape index (κ3) is 4.04. The zero-order chi connectivity index (χ0) is 10.4. The van der Waals surface area contributed by atoms with Gasteiger partial charge < -0.3 is 14.6 Å². The molecule has 1 heterocycles. The molecule has 1 saturated heterocycles. The van der Waals surface area contributed by atoms with Gasteiger partial charge in [0, 0.05) is 19.6 Å². The summed E-state index contributed by atoms with van der Waals surface area (Å²) in [7, 11) is 0. The van der Waals surface area contributed by atoms with Crippen LogP contribution in [0.5, 0.6) is 0 Å². The molecule has 1 aliphatic heterocycles. The van der Waals surface area contributed by atoms with Gasteiger partial charge in [0.2, 0.25) is 0 Å². The monoisotopic (exact) mass is 203 g/mol. The number of rotatable bonds is 5. The largest absolute Gasteiger partial charge is 0.479 e. The highest BCUT2D eigenvalue weighted by Crippen LogP contribution is 1.97. The molecule has 0 bridgehead atoms. The predicted molar refractivity (Wildman–Crippen MR) is 50.3 cm³/mol. The summed E-state index contributed by atoms with van der Waals surface area (Å²) in [5, 5.41) is 8.56. The first-order chi connectivity index (χ1) is 6.70. The fourth-order valence-corrected chi connectivity index (χ4v) is 1.25. The SMILES string of the molecule is C[C@H](OCCN1CCOCC1)C(=O)O. The summed E-state index contributed by atoms with van der Waals surface area (Å²) in [5.74, 6) is -0.910. The van der Waals surface area contributed by atoms with E-state index in [0.29, 0.717) is 6.61 Å². The number of nitrogens with zero attached hydrogens (tertiary/aromatic N) is 1. The molecule has 1 atom stereocenters. The highest BCUT2D eigenvalue weighted by molar-refractivity contribution is 5.71. The van der Waals surface area contributed by atoms with E-state index in [0.717, 1.165) is 32.8 Å². The van der Waals surface area contributed by atoms with Crippen molar-refractivity contribution < 1.29 is 19.4 Å². The van der Waals surface area contributed by atoms with Crippen LogP contribution in [0, 0.1) is 0 Å². The van der Waals surface area contributed by atoms with Gasteiger partial charge in [-0.25, -0.2) is 4.79 Å². The van der Waals surface area contributed by atoms with E-state index in [9.17, 15) is 4.79 Å². The second kappa shape index (κ2) is 5.95. The predicted octanol–water partition coefficient (Wildman–Crippen LogP) is -0.192. The van der Waals surface area contributed by atoms with Crippen molar-refractivity contribution in [2.75, 3.05) is 39.5 Å². The molecule has 0 aliphatic carbocycles. The molecule has 0 spiro atoms. The molecular formula is C9H17NO4. The van der Waals surface area contributed by atoms with Crippen LogP contribution in [0.25, 0.3) is 0 Å². The topological polar surface area (TPSA) is 59.0 Å². The number of carboxylic acid groups (broad SMARTS) is 1. The van der Waals surface area contributed by atoms with Gasteiger partial charge in [-0.15, -0.1) is 0 Å². The van der Waals surface area contributed by atoms with Gasteiger partial charge in [0.15, 0.2) is 6.10 Å². The molecule has 0 unspecified atom stereocenters. The van der Waals surface area contributed by atoms with Crippen LogP contribution in [-0.4, -0.2) is 61.5 Å². The molecular weight excluding hydrogens is 186 g/mol. The van der Waals surface area contributed by atoms with E-state index in [1.165, 1.54) is 0 Å².